The molecule has 0 saturated carbocycles. The number of aryl methyl sites for hydroxylation is 1. The normalized spacial score (nSPS) is 10.8. The Kier molecular flexibility index (Phi) is 6.35. The van der Waals surface area contributed by atoms with Gasteiger partial charge in [-0.05, 0) is 74.4 Å². The summed E-state index contributed by atoms with van der Waals surface area (Å²) in [4.78, 5) is 13.2. The van der Waals surface area contributed by atoms with E-state index >= 15 is 0 Å². The van der Waals surface area contributed by atoms with Crippen LogP contribution in [0.2, 0.25) is 0 Å². The Bertz CT molecular complexity index is 1180. The van der Waals surface area contributed by atoms with Gasteiger partial charge >= 0.3 is 0 Å². The molecule has 0 atom stereocenters. The molecule has 0 bridgehead atoms. The summed E-state index contributed by atoms with van der Waals surface area (Å²) in [5.41, 5.74) is 2.86. The zero-order valence-corrected chi connectivity index (χ0v) is 18.1. The molecule has 0 aliphatic carbocycles. The van der Waals surface area contributed by atoms with Gasteiger partial charge in [-0.1, -0.05) is 12.1 Å². The van der Waals surface area contributed by atoms with Gasteiger partial charge in [0.05, 0.1) is 18.0 Å². The van der Waals surface area contributed by atoms with Crippen LogP contribution in [0.5, 0.6) is 5.75 Å². The van der Waals surface area contributed by atoms with Crippen LogP contribution < -0.4 is 10.1 Å². The van der Waals surface area contributed by atoms with Crippen LogP contribution in [0.25, 0.3) is 11.5 Å². The molecule has 32 heavy (non-hydrogen) atoms. The van der Waals surface area contributed by atoms with Gasteiger partial charge in [0.1, 0.15) is 17.1 Å². The smallest absolute Gasteiger partial charge is 0.257 e. The van der Waals surface area contributed by atoms with Crippen LogP contribution in [0, 0.1) is 12.7 Å². The first kappa shape index (κ1) is 21.4. The first-order valence-corrected chi connectivity index (χ1v) is 10.6. The molecule has 6 nitrogen and oxygen atoms in total. The molecule has 0 aliphatic heterocycles. The number of amides is 1. The maximum atomic E-state index is 13.4. The molecule has 0 aliphatic rings. The summed E-state index contributed by atoms with van der Waals surface area (Å²) < 4.78 is 22.4. The molecule has 2 heterocycles. The minimum Gasteiger partial charge on any atom is -0.494 e. The van der Waals surface area contributed by atoms with Crippen molar-refractivity contribution >= 4 is 5.91 Å². The Balaban J connectivity index is 1.56. The number of aromatic nitrogens is 3. The van der Waals surface area contributed by atoms with Crippen molar-refractivity contribution in [2.75, 3.05) is 13.2 Å². The summed E-state index contributed by atoms with van der Waals surface area (Å²) in [5, 5.41) is 7.59. The predicted octanol–water partition coefficient (Wildman–Crippen LogP) is 4.48. The highest BCUT2D eigenvalue weighted by Crippen LogP contribution is 2.23. The van der Waals surface area contributed by atoms with E-state index in [1.54, 1.807) is 23.7 Å². The molecular formula is C25H25FN4O2. The van der Waals surface area contributed by atoms with Crippen LogP contribution in [-0.4, -0.2) is 33.4 Å². The van der Waals surface area contributed by atoms with Gasteiger partial charge in [-0.2, -0.15) is 5.10 Å². The number of ether oxygens (including phenoxy) is 1. The molecule has 1 N–H and O–H groups in total. The molecule has 0 saturated heterocycles. The van der Waals surface area contributed by atoms with Gasteiger partial charge in [-0.3, -0.25) is 4.79 Å². The molecule has 0 unspecified atom stereocenters. The molecule has 2 aromatic heterocycles. The lowest BCUT2D eigenvalue weighted by atomic mass is 10.1. The summed E-state index contributed by atoms with van der Waals surface area (Å²) in [6, 6.07) is 17.7. The van der Waals surface area contributed by atoms with E-state index in [2.05, 4.69) is 10.4 Å². The van der Waals surface area contributed by atoms with E-state index in [1.165, 1.54) is 12.1 Å². The fourth-order valence-corrected chi connectivity index (χ4v) is 3.59. The molecule has 1 amide bonds. The van der Waals surface area contributed by atoms with Crippen molar-refractivity contribution in [2.45, 2.75) is 20.3 Å². The lowest BCUT2D eigenvalue weighted by Crippen LogP contribution is -2.27. The Labute approximate surface area is 186 Å². The number of hydrogen-bond acceptors (Lipinski definition) is 3. The minimum absolute atomic E-state index is 0.203. The zero-order chi connectivity index (χ0) is 22.5. The monoisotopic (exact) mass is 432 g/mol. The van der Waals surface area contributed by atoms with Crippen LogP contribution in [0.15, 0.2) is 73.1 Å². The van der Waals surface area contributed by atoms with Gasteiger partial charge in [0.15, 0.2) is 5.82 Å². The third-order valence-electron chi connectivity index (χ3n) is 5.12. The summed E-state index contributed by atoms with van der Waals surface area (Å²) in [7, 11) is 0. The first-order chi connectivity index (χ1) is 15.6. The minimum atomic E-state index is -0.326. The fraction of sp³-hybridized carbons (Fsp3) is 0.200. The van der Waals surface area contributed by atoms with Crippen molar-refractivity contribution in [3.05, 3.63) is 95.7 Å². The second-order valence-electron chi connectivity index (χ2n) is 7.35. The van der Waals surface area contributed by atoms with Gasteiger partial charge < -0.3 is 14.6 Å². The molecule has 2 aromatic carbocycles. The molecule has 0 spiro atoms. The molecule has 4 aromatic rings. The summed E-state index contributed by atoms with van der Waals surface area (Å²) in [6.07, 6.45) is 4.41. The number of hydrogen-bond donors (Lipinski definition) is 1. The molecule has 7 heteroatoms. The summed E-state index contributed by atoms with van der Waals surface area (Å²) in [5.74, 6) is 0.913. The van der Waals surface area contributed by atoms with Gasteiger partial charge in [0.25, 0.3) is 5.91 Å². The van der Waals surface area contributed by atoms with Crippen molar-refractivity contribution in [3.63, 3.8) is 0 Å². The van der Waals surface area contributed by atoms with Crippen LogP contribution in [0.4, 0.5) is 4.39 Å². The largest absolute Gasteiger partial charge is 0.494 e. The lowest BCUT2D eigenvalue weighted by Gasteiger charge is -2.11. The quantitative estimate of drug-likeness (QED) is 0.447. The first-order valence-electron chi connectivity index (χ1n) is 10.6. The number of nitrogens with one attached hydrogen (secondary N) is 1. The van der Waals surface area contributed by atoms with E-state index in [0.717, 1.165) is 11.3 Å². The highest BCUT2D eigenvalue weighted by Gasteiger charge is 2.23. The van der Waals surface area contributed by atoms with E-state index in [4.69, 9.17) is 4.74 Å². The van der Waals surface area contributed by atoms with Crippen molar-refractivity contribution < 1.29 is 13.9 Å². The van der Waals surface area contributed by atoms with E-state index in [1.807, 2.05) is 60.3 Å². The Morgan fingerprint density at radius 3 is 2.41 bits per heavy atom. The highest BCUT2D eigenvalue weighted by atomic mass is 19.1. The van der Waals surface area contributed by atoms with Gasteiger partial charge in [-0.25, -0.2) is 9.07 Å². The van der Waals surface area contributed by atoms with Crippen molar-refractivity contribution in [1.82, 2.24) is 19.7 Å². The van der Waals surface area contributed by atoms with E-state index in [-0.39, 0.29) is 11.7 Å². The predicted molar refractivity (Wildman–Crippen MR) is 121 cm³/mol. The van der Waals surface area contributed by atoms with E-state index in [0.29, 0.717) is 42.3 Å². The standard InChI is InChI=1S/C25H25FN4O2/c1-3-32-22-12-6-19(7-13-22)14-15-27-24(31)23-18(2)28-30(21-10-8-20(26)9-11-21)25(23)29-16-4-5-17-29/h4-13,16-17H,3,14-15H2,1-2H3,(H,27,31). The second-order valence-corrected chi connectivity index (χ2v) is 7.35. The molecule has 164 valence electrons. The lowest BCUT2D eigenvalue weighted by molar-refractivity contribution is 0.0953. The number of nitrogens with zero attached hydrogens (tertiary/aromatic N) is 3. The maximum absolute atomic E-state index is 13.4. The number of benzene rings is 2. The summed E-state index contributed by atoms with van der Waals surface area (Å²) >= 11 is 0. The van der Waals surface area contributed by atoms with E-state index < -0.39 is 0 Å². The highest BCUT2D eigenvalue weighted by molar-refractivity contribution is 5.98. The fourth-order valence-electron chi connectivity index (χ4n) is 3.59. The number of rotatable bonds is 8. The van der Waals surface area contributed by atoms with Crippen LogP contribution in [-0.2, 0) is 6.42 Å². The van der Waals surface area contributed by atoms with Crippen LogP contribution in [0.1, 0.15) is 28.5 Å². The van der Waals surface area contributed by atoms with Crippen molar-refractivity contribution in [1.29, 1.82) is 0 Å². The Morgan fingerprint density at radius 1 is 1.06 bits per heavy atom. The van der Waals surface area contributed by atoms with Gasteiger partial charge in [0.2, 0.25) is 0 Å². The number of carbonyl (C=O) groups excluding carboxylic acids is 1. The second kappa shape index (κ2) is 9.51. The summed E-state index contributed by atoms with van der Waals surface area (Å²) in [6.45, 7) is 4.86. The molecule has 0 fully saturated rings. The average Bonchev–Trinajstić information content (AvgIpc) is 3.43. The van der Waals surface area contributed by atoms with Gasteiger partial charge in [-0.15, -0.1) is 0 Å². The SMILES string of the molecule is CCOc1ccc(CCNC(=O)c2c(C)nn(-c3ccc(F)cc3)c2-n2cccc2)cc1. The third-order valence-corrected chi connectivity index (χ3v) is 5.12. The maximum Gasteiger partial charge on any atom is 0.257 e. The van der Waals surface area contributed by atoms with Crippen LogP contribution >= 0.6 is 0 Å². The zero-order valence-electron chi connectivity index (χ0n) is 18.1. The topological polar surface area (TPSA) is 61.1 Å². The Morgan fingerprint density at radius 2 is 1.75 bits per heavy atom. The average molecular weight is 432 g/mol. The third kappa shape index (κ3) is 4.56. The number of carbonyl (C=O) groups is 1. The molecule has 4 rings (SSSR count). The van der Waals surface area contributed by atoms with Crippen LogP contribution in [0.3, 0.4) is 0 Å². The van der Waals surface area contributed by atoms with Crippen molar-refractivity contribution in [3.8, 4) is 17.3 Å². The Hall–Kier alpha value is -3.87. The van der Waals surface area contributed by atoms with Gasteiger partial charge in [0, 0.05) is 18.9 Å². The van der Waals surface area contributed by atoms with Crippen molar-refractivity contribution in [2.24, 2.45) is 0 Å². The number of halogens is 1. The molecule has 0 radical (unpaired) electrons. The van der Waals surface area contributed by atoms with E-state index in [9.17, 15) is 9.18 Å². The molecular weight excluding hydrogens is 407 g/mol.